The van der Waals surface area contributed by atoms with Crippen molar-refractivity contribution in [3.05, 3.63) is 6.33 Å². The van der Waals surface area contributed by atoms with Crippen LogP contribution in [0.25, 0.3) is 0 Å². The molecule has 5 heteroatoms. The van der Waals surface area contributed by atoms with Gasteiger partial charge in [0.15, 0.2) is 11.6 Å². The molecule has 1 aliphatic rings. The fourth-order valence-electron chi connectivity index (χ4n) is 2.44. The Morgan fingerprint density at radius 3 is 2.50 bits per heavy atom. The summed E-state index contributed by atoms with van der Waals surface area (Å²) in [6, 6.07) is 0.499. The molecule has 4 N–H and O–H groups in total. The predicted molar refractivity (Wildman–Crippen MR) is 75.7 cm³/mol. The number of hydrogen-bond donors (Lipinski definition) is 3. The summed E-state index contributed by atoms with van der Waals surface area (Å²) in [4.78, 5) is 8.41. The topological polar surface area (TPSA) is 75.9 Å². The van der Waals surface area contributed by atoms with Gasteiger partial charge in [0.1, 0.15) is 12.0 Å². The van der Waals surface area contributed by atoms with Crippen LogP contribution in [0.5, 0.6) is 0 Å². The second kappa shape index (κ2) is 6.42. The Balaban J connectivity index is 2.05. The normalized spacial score (nSPS) is 17.2. The standard InChI is InChI=1S/C13H23N5/c1-2-15-12-11(14)13(17-9-16-12)18-10-7-5-3-4-6-8-10/h9-10H,2-8,14H2,1H3,(H2,15,16,17,18). The van der Waals surface area contributed by atoms with Gasteiger partial charge >= 0.3 is 0 Å². The maximum Gasteiger partial charge on any atom is 0.155 e. The minimum absolute atomic E-state index is 0.499. The van der Waals surface area contributed by atoms with E-state index in [1.807, 2.05) is 6.92 Å². The summed E-state index contributed by atoms with van der Waals surface area (Å²) >= 11 is 0. The Hall–Kier alpha value is -1.52. The van der Waals surface area contributed by atoms with Crippen molar-refractivity contribution in [3.63, 3.8) is 0 Å². The molecule has 1 heterocycles. The molecular formula is C13H23N5. The lowest BCUT2D eigenvalue weighted by Crippen LogP contribution is -2.20. The Morgan fingerprint density at radius 2 is 1.83 bits per heavy atom. The first-order valence-corrected chi connectivity index (χ1v) is 6.92. The highest BCUT2D eigenvalue weighted by Crippen LogP contribution is 2.26. The van der Waals surface area contributed by atoms with Crippen molar-refractivity contribution in [2.75, 3.05) is 22.9 Å². The summed E-state index contributed by atoms with van der Waals surface area (Å²) in [5, 5.41) is 6.62. The van der Waals surface area contributed by atoms with Gasteiger partial charge in [0.25, 0.3) is 0 Å². The summed E-state index contributed by atoms with van der Waals surface area (Å²) in [7, 11) is 0. The molecule has 1 aromatic rings. The van der Waals surface area contributed by atoms with E-state index < -0.39 is 0 Å². The van der Waals surface area contributed by atoms with E-state index >= 15 is 0 Å². The first-order chi connectivity index (χ1) is 8.81. The molecule has 1 aliphatic carbocycles. The second-order valence-electron chi connectivity index (χ2n) is 4.85. The zero-order valence-electron chi connectivity index (χ0n) is 11.1. The van der Waals surface area contributed by atoms with Gasteiger partial charge in [-0.15, -0.1) is 0 Å². The molecule has 0 unspecified atom stereocenters. The Kier molecular flexibility index (Phi) is 4.61. The number of rotatable bonds is 4. The molecule has 0 bridgehead atoms. The van der Waals surface area contributed by atoms with Crippen LogP contribution >= 0.6 is 0 Å². The van der Waals surface area contributed by atoms with Crippen LogP contribution in [0.1, 0.15) is 45.4 Å². The van der Waals surface area contributed by atoms with Gasteiger partial charge < -0.3 is 16.4 Å². The first kappa shape index (κ1) is 12.9. The van der Waals surface area contributed by atoms with Crippen LogP contribution in [-0.2, 0) is 0 Å². The number of hydrogen-bond acceptors (Lipinski definition) is 5. The monoisotopic (exact) mass is 249 g/mol. The average Bonchev–Trinajstić information content (AvgIpc) is 2.63. The zero-order chi connectivity index (χ0) is 12.8. The fourth-order valence-corrected chi connectivity index (χ4v) is 2.44. The first-order valence-electron chi connectivity index (χ1n) is 6.92. The molecule has 1 fully saturated rings. The number of nitrogens with two attached hydrogens (primary N) is 1. The van der Waals surface area contributed by atoms with Crippen LogP contribution in [-0.4, -0.2) is 22.6 Å². The molecule has 100 valence electrons. The predicted octanol–water partition coefficient (Wildman–Crippen LogP) is 2.63. The number of nitrogens with zero attached hydrogens (tertiary/aromatic N) is 2. The number of nitrogens with one attached hydrogen (secondary N) is 2. The molecule has 18 heavy (non-hydrogen) atoms. The second-order valence-corrected chi connectivity index (χ2v) is 4.85. The SMILES string of the molecule is CCNc1ncnc(NC2CCCCCC2)c1N. The summed E-state index contributed by atoms with van der Waals surface area (Å²) < 4.78 is 0. The van der Waals surface area contributed by atoms with Gasteiger partial charge in [-0.2, -0.15) is 0 Å². The Labute approximate surface area is 109 Å². The molecular weight excluding hydrogens is 226 g/mol. The highest BCUT2D eigenvalue weighted by Gasteiger charge is 2.15. The van der Waals surface area contributed by atoms with Gasteiger partial charge in [0.05, 0.1) is 0 Å². The van der Waals surface area contributed by atoms with E-state index in [0.29, 0.717) is 11.7 Å². The number of nitrogen functional groups attached to an aromatic ring is 1. The van der Waals surface area contributed by atoms with Gasteiger partial charge in [-0.05, 0) is 19.8 Å². The van der Waals surface area contributed by atoms with Crippen molar-refractivity contribution in [1.29, 1.82) is 0 Å². The molecule has 1 aromatic heterocycles. The van der Waals surface area contributed by atoms with Gasteiger partial charge in [-0.1, -0.05) is 25.7 Å². The van der Waals surface area contributed by atoms with Crippen molar-refractivity contribution in [3.8, 4) is 0 Å². The summed E-state index contributed by atoms with van der Waals surface area (Å²) in [6.45, 7) is 2.84. The lowest BCUT2D eigenvalue weighted by Gasteiger charge is -2.18. The molecule has 0 atom stereocenters. The van der Waals surface area contributed by atoms with E-state index in [1.54, 1.807) is 6.33 Å². The minimum atomic E-state index is 0.499. The highest BCUT2D eigenvalue weighted by atomic mass is 15.1. The van der Waals surface area contributed by atoms with Gasteiger partial charge in [-0.3, -0.25) is 0 Å². The van der Waals surface area contributed by atoms with Crippen LogP contribution in [0.2, 0.25) is 0 Å². The molecule has 0 spiro atoms. The molecule has 0 saturated heterocycles. The maximum absolute atomic E-state index is 6.08. The molecule has 5 nitrogen and oxygen atoms in total. The van der Waals surface area contributed by atoms with E-state index in [4.69, 9.17) is 5.73 Å². The average molecular weight is 249 g/mol. The zero-order valence-corrected chi connectivity index (χ0v) is 11.1. The van der Waals surface area contributed by atoms with Crippen LogP contribution in [0, 0.1) is 0 Å². The third kappa shape index (κ3) is 3.24. The van der Waals surface area contributed by atoms with Crippen LogP contribution in [0.3, 0.4) is 0 Å². The van der Waals surface area contributed by atoms with E-state index in [9.17, 15) is 0 Å². The van der Waals surface area contributed by atoms with Crippen LogP contribution in [0.4, 0.5) is 17.3 Å². The summed E-state index contributed by atoms with van der Waals surface area (Å²) in [5.41, 5.74) is 6.70. The van der Waals surface area contributed by atoms with E-state index in [0.717, 1.165) is 18.2 Å². The van der Waals surface area contributed by atoms with Crippen LogP contribution in [0.15, 0.2) is 6.33 Å². The lowest BCUT2D eigenvalue weighted by atomic mass is 10.1. The van der Waals surface area contributed by atoms with E-state index in [2.05, 4.69) is 20.6 Å². The summed E-state index contributed by atoms with van der Waals surface area (Å²) in [6.07, 6.45) is 9.26. The van der Waals surface area contributed by atoms with E-state index in [-0.39, 0.29) is 0 Å². The van der Waals surface area contributed by atoms with Crippen LogP contribution < -0.4 is 16.4 Å². The molecule has 0 aliphatic heterocycles. The molecule has 1 saturated carbocycles. The molecule has 0 amide bonds. The van der Waals surface area contributed by atoms with Crippen molar-refractivity contribution >= 4 is 17.3 Å². The third-order valence-electron chi connectivity index (χ3n) is 3.42. The minimum Gasteiger partial charge on any atom is -0.393 e. The quantitative estimate of drug-likeness (QED) is 0.715. The van der Waals surface area contributed by atoms with Crippen molar-refractivity contribution in [1.82, 2.24) is 9.97 Å². The lowest BCUT2D eigenvalue weighted by molar-refractivity contribution is 0.618. The Morgan fingerprint density at radius 1 is 1.17 bits per heavy atom. The molecule has 2 rings (SSSR count). The summed E-state index contributed by atoms with van der Waals surface area (Å²) in [5.74, 6) is 1.50. The fraction of sp³-hybridized carbons (Fsp3) is 0.692. The van der Waals surface area contributed by atoms with E-state index in [1.165, 1.54) is 38.5 Å². The maximum atomic E-state index is 6.08. The smallest absolute Gasteiger partial charge is 0.155 e. The van der Waals surface area contributed by atoms with Gasteiger partial charge in [-0.25, -0.2) is 9.97 Å². The number of anilines is 3. The Bertz CT molecular complexity index is 372. The molecule has 0 radical (unpaired) electrons. The highest BCUT2D eigenvalue weighted by molar-refractivity contribution is 5.74. The van der Waals surface area contributed by atoms with Gasteiger partial charge in [0, 0.05) is 12.6 Å². The van der Waals surface area contributed by atoms with Gasteiger partial charge in [0.2, 0.25) is 0 Å². The number of aromatic nitrogens is 2. The van der Waals surface area contributed by atoms with Crippen molar-refractivity contribution in [2.24, 2.45) is 0 Å². The molecule has 0 aromatic carbocycles. The third-order valence-corrected chi connectivity index (χ3v) is 3.42. The largest absolute Gasteiger partial charge is 0.393 e. The van der Waals surface area contributed by atoms with Crippen molar-refractivity contribution < 1.29 is 0 Å². The van der Waals surface area contributed by atoms with Crippen molar-refractivity contribution in [2.45, 2.75) is 51.5 Å².